The lowest BCUT2D eigenvalue weighted by molar-refractivity contribution is -0.162. The number of hydrogen-bond donors (Lipinski definition) is 1. The van der Waals surface area contributed by atoms with Gasteiger partial charge < -0.3 is 24.1 Å². The molecule has 0 amide bonds. The van der Waals surface area contributed by atoms with Crippen molar-refractivity contribution in [2.45, 2.75) is 35.8 Å². The average molecular weight is 649 g/mol. The second-order valence-corrected chi connectivity index (χ2v) is 12.2. The molecule has 246 valence electrons. The first-order valence-corrected chi connectivity index (χ1v) is 16.7. The molecule has 49 heavy (non-hydrogen) atoms. The molecule has 0 aliphatic carbocycles. The fourth-order valence-corrected chi connectivity index (χ4v) is 7.08. The van der Waals surface area contributed by atoms with E-state index in [1.807, 2.05) is 109 Å². The van der Waals surface area contributed by atoms with E-state index >= 15 is 0 Å². The van der Waals surface area contributed by atoms with Gasteiger partial charge in [-0.3, -0.25) is 0 Å². The number of aliphatic hydroxyl groups is 1. The van der Waals surface area contributed by atoms with E-state index in [1.54, 1.807) is 0 Å². The van der Waals surface area contributed by atoms with E-state index in [4.69, 9.17) is 18.9 Å². The Balaban J connectivity index is 1.35. The maximum Gasteiger partial charge on any atom is 0.186 e. The lowest BCUT2D eigenvalue weighted by Gasteiger charge is -2.41. The van der Waals surface area contributed by atoms with Crippen molar-refractivity contribution in [2.24, 2.45) is 0 Å². The molecule has 1 N–H and O–H groups in total. The third kappa shape index (κ3) is 6.24. The van der Waals surface area contributed by atoms with Crippen molar-refractivity contribution in [2.75, 3.05) is 13.7 Å². The molecule has 4 atom stereocenters. The quantitative estimate of drug-likeness (QED) is 0.136. The van der Waals surface area contributed by atoms with E-state index in [9.17, 15) is 5.11 Å². The summed E-state index contributed by atoms with van der Waals surface area (Å²) in [7, 11) is 1.54. The van der Waals surface area contributed by atoms with Crippen molar-refractivity contribution in [1.82, 2.24) is 0 Å². The SMILES string of the molecule is CO[C@@H]1O[C@@H](COC(c2ccccc2)(c2ccccc2)c2ccccc2)[C@H](OC(c2ccccc2)(c2ccccc2)c2ccccc2)[C@H]1O. The highest BCUT2D eigenvalue weighted by Crippen LogP contribution is 2.45. The molecule has 0 unspecified atom stereocenters. The minimum absolute atomic E-state index is 0.0920. The van der Waals surface area contributed by atoms with Crippen LogP contribution in [0.25, 0.3) is 0 Å². The largest absolute Gasteiger partial charge is 0.385 e. The van der Waals surface area contributed by atoms with Crippen molar-refractivity contribution < 1.29 is 24.1 Å². The van der Waals surface area contributed by atoms with Crippen LogP contribution in [0.1, 0.15) is 33.4 Å². The molecule has 1 aliphatic rings. The van der Waals surface area contributed by atoms with Crippen molar-refractivity contribution >= 4 is 0 Å². The normalized spacial score (nSPS) is 19.5. The van der Waals surface area contributed by atoms with Crippen LogP contribution in [0.4, 0.5) is 0 Å². The van der Waals surface area contributed by atoms with Gasteiger partial charge in [-0.1, -0.05) is 182 Å². The van der Waals surface area contributed by atoms with Crippen molar-refractivity contribution in [3.05, 3.63) is 215 Å². The summed E-state index contributed by atoms with van der Waals surface area (Å²) in [6.45, 7) is 0.0920. The van der Waals surface area contributed by atoms with Gasteiger partial charge in [-0.2, -0.15) is 0 Å². The fourth-order valence-electron chi connectivity index (χ4n) is 7.08. The van der Waals surface area contributed by atoms with E-state index in [2.05, 4.69) is 72.8 Å². The summed E-state index contributed by atoms with van der Waals surface area (Å²) >= 11 is 0. The van der Waals surface area contributed by atoms with E-state index < -0.39 is 35.8 Å². The smallest absolute Gasteiger partial charge is 0.186 e. The number of methoxy groups -OCH3 is 1. The highest BCUT2D eigenvalue weighted by atomic mass is 16.7. The first-order chi connectivity index (χ1) is 24.2. The van der Waals surface area contributed by atoms with Gasteiger partial charge in [0, 0.05) is 7.11 Å². The van der Waals surface area contributed by atoms with Gasteiger partial charge in [-0.15, -0.1) is 0 Å². The second kappa shape index (κ2) is 14.7. The average Bonchev–Trinajstić information content (AvgIpc) is 3.49. The Labute approximate surface area is 288 Å². The van der Waals surface area contributed by atoms with Crippen LogP contribution < -0.4 is 0 Å². The monoisotopic (exact) mass is 648 g/mol. The lowest BCUT2D eigenvalue weighted by atomic mass is 9.79. The molecule has 1 heterocycles. The van der Waals surface area contributed by atoms with Gasteiger partial charge in [-0.05, 0) is 33.4 Å². The summed E-state index contributed by atoms with van der Waals surface area (Å²) in [5.74, 6) is 0. The van der Waals surface area contributed by atoms with Gasteiger partial charge in [0.25, 0.3) is 0 Å². The zero-order valence-corrected chi connectivity index (χ0v) is 27.4. The van der Waals surface area contributed by atoms with Crippen LogP contribution in [0.2, 0.25) is 0 Å². The number of ether oxygens (including phenoxy) is 4. The molecule has 5 nitrogen and oxygen atoms in total. The van der Waals surface area contributed by atoms with Crippen molar-refractivity contribution in [3.8, 4) is 0 Å². The standard InChI is InChI=1S/C44H40O5/c1-46-42-40(45)41(49-44(36-26-14-5-15-27-36,37-28-16-6-17-29-37)38-30-18-7-19-31-38)39(48-42)32-47-43(33-20-8-2-9-21-33,34-22-10-3-11-23-34)35-24-12-4-13-25-35/h2-31,39-42,45H,32H2,1H3/t39-,40+,41-,42+/m0/s1. The topological polar surface area (TPSA) is 57.2 Å². The van der Waals surface area contributed by atoms with Crippen LogP contribution in [0, 0.1) is 0 Å². The predicted molar refractivity (Wildman–Crippen MR) is 191 cm³/mol. The summed E-state index contributed by atoms with van der Waals surface area (Å²) in [5, 5.41) is 11.9. The van der Waals surface area contributed by atoms with E-state index in [1.165, 1.54) is 7.11 Å². The molecule has 0 aromatic heterocycles. The molecule has 1 aliphatic heterocycles. The molecule has 1 saturated heterocycles. The Bertz CT molecular complexity index is 1680. The zero-order valence-electron chi connectivity index (χ0n) is 27.4. The van der Waals surface area contributed by atoms with Gasteiger partial charge in [0.05, 0.1) is 6.61 Å². The minimum atomic E-state index is -1.10. The summed E-state index contributed by atoms with van der Waals surface area (Å²) in [4.78, 5) is 0. The Hall–Kier alpha value is -4.88. The molecule has 0 saturated carbocycles. The molecular formula is C44H40O5. The minimum Gasteiger partial charge on any atom is -0.385 e. The van der Waals surface area contributed by atoms with Gasteiger partial charge in [0.1, 0.15) is 29.5 Å². The lowest BCUT2D eigenvalue weighted by Crippen LogP contribution is -2.46. The molecule has 0 radical (unpaired) electrons. The summed E-state index contributed by atoms with van der Waals surface area (Å²) in [5.41, 5.74) is 3.61. The molecule has 0 spiro atoms. The summed E-state index contributed by atoms with van der Waals surface area (Å²) < 4.78 is 26.7. The number of aliphatic hydroxyl groups excluding tert-OH is 1. The van der Waals surface area contributed by atoms with Crippen LogP contribution in [-0.2, 0) is 30.1 Å². The molecule has 5 heteroatoms. The first kappa shape index (κ1) is 32.7. The van der Waals surface area contributed by atoms with Crippen LogP contribution in [-0.4, -0.2) is 43.4 Å². The van der Waals surface area contributed by atoms with Crippen molar-refractivity contribution in [3.63, 3.8) is 0 Å². The van der Waals surface area contributed by atoms with Gasteiger partial charge in [0.15, 0.2) is 6.29 Å². The highest BCUT2D eigenvalue weighted by Gasteiger charge is 2.52. The van der Waals surface area contributed by atoms with E-state index in [0.717, 1.165) is 33.4 Å². The zero-order chi connectivity index (χ0) is 33.5. The Morgan fingerprint density at radius 1 is 0.490 bits per heavy atom. The predicted octanol–water partition coefficient (Wildman–Crippen LogP) is 8.10. The van der Waals surface area contributed by atoms with Crippen LogP contribution in [0.15, 0.2) is 182 Å². The maximum atomic E-state index is 11.9. The van der Waals surface area contributed by atoms with Gasteiger partial charge in [-0.25, -0.2) is 0 Å². The molecule has 0 bridgehead atoms. The Kier molecular flexibility index (Phi) is 9.80. The molecule has 1 fully saturated rings. The Morgan fingerprint density at radius 2 is 0.796 bits per heavy atom. The van der Waals surface area contributed by atoms with E-state index in [0.29, 0.717) is 0 Å². The number of hydrogen-bond acceptors (Lipinski definition) is 5. The molecule has 7 rings (SSSR count). The summed E-state index contributed by atoms with van der Waals surface area (Å²) in [6, 6.07) is 61.1. The van der Waals surface area contributed by atoms with E-state index in [-0.39, 0.29) is 6.61 Å². The van der Waals surface area contributed by atoms with Gasteiger partial charge in [0.2, 0.25) is 0 Å². The number of benzene rings is 6. The maximum absolute atomic E-state index is 11.9. The van der Waals surface area contributed by atoms with Crippen LogP contribution in [0.3, 0.4) is 0 Å². The molecule has 6 aromatic carbocycles. The molecule has 6 aromatic rings. The Morgan fingerprint density at radius 3 is 1.10 bits per heavy atom. The fraction of sp³-hybridized carbons (Fsp3) is 0.182. The first-order valence-electron chi connectivity index (χ1n) is 16.7. The second-order valence-electron chi connectivity index (χ2n) is 12.2. The highest BCUT2D eigenvalue weighted by molar-refractivity contribution is 5.49. The van der Waals surface area contributed by atoms with Crippen LogP contribution >= 0.6 is 0 Å². The van der Waals surface area contributed by atoms with Gasteiger partial charge >= 0.3 is 0 Å². The third-order valence-electron chi connectivity index (χ3n) is 9.38. The third-order valence-corrected chi connectivity index (χ3v) is 9.38. The van der Waals surface area contributed by atoms with Crippen LogP contribution in [0.5, 0.6) is 0 Å². The number of rotatable bonds is 12. The summed E-state index contributed by atoms with van der Waals surface area (Å²) in [6.07, 6.45) is -3.57. The molecular weight excluding hydrogens is 608 g/mol. The van der Waals surface area contributed by atoms with Crippen molar-refractivity contribution in [1.29, 1.82) is 0 Å².